The third-order valence-electron chi connectivity index (χ3n) is 3.48. The summed E-state index contributed by atoms with van der Waals surface area (Å²) in [6, 6.07) is 8.71. The van der Waals surface area contributed by atoms with Crippen molar-refractivity contribution in [3.05, 3.63) is 35.4 Å². The second kappa shape index (κ2) is 7.38. The Hall–Kier alpha value is -0.910. The predicted molar refractivity (Wildman–Crippen MR) is 88.7 cm³/mol. The van der Waals surface area contributed by atoms with Crippen LogP contribution in [0.4, 0.5) is 0 Å². The number of hydrogen-bond donors (Lipinski definition) is 1. The highest BCUT2D eigenvalue weighted by atomic mass is 32.2. The molecule has 0 spiro atoms. The third-order valence-corrected chi connectivity index (χ3v) is 5.01. The Morgan fingerprint density at radius 3 is 2.10 bits per heavy atom. The van der Waals surface area contributed by atoms with Crippen molar-refractivity contribution in [2.75, 3.05) is 20.6 Å². The van der Waals surface area contributed by atoms with E-state index in [2.05, 4.69) is 49.8 Å². The van der Waals surface area contributed by atoms with Crippen molar-refractivity contribution in [1.82, 2.24) is 9.03 Å². The van der Waals surface area contributed by atoms with Crippen LogP contribution in [-0.2, 0) is 22.0 Å². The summed E-state index contributed by atoms with van der Waals surface area (Å²) in [5.74, 6) is 0. The van der Waals surface area contributed by atoms with Crippen molar-refractivity contribution in [3.63, 3.8) is 0 Å². The Morgan fingerprint density at radius 2 is 1.62 bits per heavy atom. The van der Waals surface area contributed by atoms with Crippen molar-refractivity contribution in [3.8, 4) is 0 Å². The molecule has 1 aromatic carbocycles. The first-order valence-corrected chi connectivity index (χ1v) is 8.83. The number of aryl methyl sites for hydroxylation is 1. The van der Waals surface area contributed by atoms with Crippen LogP contribution >= 0.6 is 0 Å². The van der Waals surface area contributed by atoms with E-state index in [1.54, 1.807) is 0 Å². The van der Waals surface area contributed by atoms with Gasteiger partial charge in [-0.1, -0.05) is 45.0 Å². The van der Waals surface area contributed by atoms with Crippen LogP contribution in [0.1, 0.15) is 44.7 Å². The largest absolute Gasteiger partial charge is 0.278 e. The smallest absolute Gasteiger partial charge is 0.202 e. The lowest BCUT2D eigenvalue weighted by Gasteiger charge is -2.19. The summed E-state index contributed by atoms with van der Waals surface area (Å²) in [4.78, 5) is 0. The summed E-state index contributed by atoms with van der Waals surface area (Å²) < 4.78 is 26.8. The van der Waals surface area contributed by atoms with Gasteiger partial charge in [0, 0.05) is 20.6 Å². The molecule has 0 aliphatic heterocycles. The number of hydrogen-bond acceptors (Lipinski definition) is 2. The third kappa shape index (κ3) is 6.16. The summed E-state index contributed by atoms with van der Waals surface area (Å²) in [6.45, 7) is 7.11. The lowest BCUT2D eigenvalue weighted by Crippen LogP contribution is -2.36. The van der Waals surface area contributed by atoms with Crippen LogP contribution in [0.15, 0.2) is 24.3 Å². The fourth-order valence-corrected chi connectivity index (χ4v) is 2.62. The van der Waals surface area contributed by atoms with E-state index in [1.165, 1.54) is 29.5 Å². The molecule has 0 aliphatic carbocycles. The molecule has 1 aromatic rings. The highest BCUT2D eigenvalue weighted by molar-refractivity contribution is 7.87. The minimum absolute atomic E-state index is 0.184. The van der Waals surface area contributed by atoms with Gasteiger partial charge in [0.2, 0.25) is 0 Å². The van der Waals surface area contributed by atoms with E-state index in [0.717, 1.165) is 19.3 Å². The molecule has 120 valence electrons. The molecule has 1 N–H and O–H groups in total. The summed E-state index contributed by atoms with van der Waals surface area (Å²) in [6.07, 6.45) is 2.80. The SMILES string of the molecule is CN(C)S(=O)(=O)NCCCCc1ccc(C(C)(C)C)cc1. The summed E-state index contributed by atoms with van der Waals surface area (Å²) in [7, 11) is -0.228. The molecule has 0 saturated heterocycles. The summed E-state index contributed by atoms with van der Waals surface area (Å²) in [5.41, 5.74) is 2.83. The number of benzene rings is 1. The average molecular weight is 312 g/mol. The van der Waals surface area contributed by atoms with Crippen molar-refractivity contribution < 1.29 is 8.42 Å². The van der Waals surface area contributed by atoms with Crippen LogP contribution in [0.2, 0.25) is 0 Å². The van der Waals surface area contributed by atoms with Crippen LogP contribution < -0.4 is 4.72 Å². The number of rotatable bonds is 7. The van der Waals surface area contributed by atoms with Gasteiger partial charge in [-0.05, 0) is 35.8 Å². The average Bonchev–Trinajstić information content (AvgIpc) is 2.37. The molecule has 1 rings (SSSR count). The molecule has 0 heterocycles. The molecule has 4 nitrogen and oxygen atoms in total. The maximum atomic E-state index is 11.5. The zero-order valence-electron chi connectivity index (χ0n) is 13.8. The van der Waals surface area contributed by atoms with Gasteiger partial charge in [-0.25, -0.2) is 4.72 Å². The summed E-state index contributed by atoms with van der Waals surface area (Å²) in [5, 5.41) is 0. The van der Waals surface area contributed by atoms with E-state index in [1.807, 2.05) is 0 Å². The first kappa shape index (κ1) is 18.1. The lowest BCUT2D eigenvalue weighted by atomic mass is 9.86. The molecule has 0 atom stereocenters. The van der Waals surface area contributed by atoms with E-state index in [9.17, 15) is 8.42 Å². The molecular weight excluding hydrogens is 284 g/mol. The monoisotopic (exact) mass is 312 g/mol. The Labute approximate surface area is 129 Å². The van der Waals surface area contributed by atoms with E-state index < -0.39 is 10.2 Å². The van der Waals surface area contributed by atoms with Crippen LogP contribution in [0.3, 0.4) is 0 Å². The van der Waals surface area contributed by atoms with E-state index >= 15 is 0 Å². The van der Waals surface area contributed by atoms with Gasteiger partial charge in [-0.2, -0.15) is 12.7 Å². The Balaban J connectivity index is 2.34. The molecule has 0 saturated carbocycles. The van der Waals surface area contributed by atoms with Gasteiger partial charge in [-0.15, -0.1) is 0 Å². The fourth-order valence-electron chi connectivity index (χ4n) is 1.96. The molecule has 5 heteroatoms. The molecule has 0 bridgehead atoms. The second-order valence-electron chi connectivity index (χ2n) is 6.59. The zero-order chi connectivity index (χ0) is 16.1. The number of unbranched alkanes of at least 4 members (excludes halogenated alkanes) is 1. The van der Waals surface area contributed by atoms with Gasteiger partial charge < -0.3 is 0 Å². The van der Waals surface area contributed by atoms with E-state index in [-0.39, 0.29) is 5.41 Å². The van der Waals surface area contributed by atoms with Crippen LogP contribution in [0.5, 0.6) is 0 Å². The topological polar surface area (TPSA) is 49.4 Å². The van der Waals surface area contributed by atoms with E-state index in [0.29, 0.717) is 6.54 Å². The van der Waals surface area contributed by atoms with Crippen LogP contribution in [0.25, 0.3) is 0 Å². The highest BCUT2D eigenvalue weighted by Crippen LogP contribution is 2.22. The van der Waals surface area contributed by atoms with E-state index in [4.69, 9.17) is 0 Å². The zero-order valence-corrected chi connectivity index (χ0v) is 14.6. The maximum Gasteiger partial charge on any atom is 0.278 e. The molecule has 0 aliphatic rings. The standard InChI is InChI=1S/C16H28N2O2S/c1-16(2,3)15-11-9-14(10-12-15)8-6-7-13-17-21(19,20)18(4)5/h9-12,17H,6-8,13H2,1-5H3. The van der Waals surface area contributed by atoms with Gasteiger partial charge >= 0.3 is 0 Å². The predicted octanol–water partition coefficient (Wildman–Crippen LogP) is 2.70. The Kier molecular flexibility index (Phi) is 6.38. The minimum Gasteiger partial charge on any atom is -0.202 e. The van der Waals surface area contributed by atoms with Gasteiger partial charge in [-0.3, -0.25) is 0 Å². The summed E-state index contributed by atoms with van der Waals surface area (Å²) >= 11 is 0. The molecule has 0 fully saturated rings. The fraction of sp³-hybridized carbons (Fsp3) is 0.625. The van der Waals surface area contributed by atoms with Gasteiger partial charge in [0.15, 0.2) is 0 Å². The molecule has 0 aromatic heterocycles. The van der Waals surface area contributed by atoms with Gasteiger partial charge in [0.1, 0.15) is 0 Å². The first-order valence-electron chi connectivity index (χ1n) is 7.39. The van der Waals surface area contributed by atoms with Gasteiger partial charge in [0.25, 0.3) is 10.2 Å². The molecular formula is C16H28N2O2S. The van der Waals surface area contributed by atoms with Crippen LogP contribution in [-0.4, -0.2) is 33.4 Å². The maximum absolute atomic E-state index is 11.5. The van der Waals surface area contributed by atoms with Crippen molar-refractivity contribution in [2.45, 2.75) is 45.4 Å². The highest BCUT2D eigenvalue weighted by Gasteiger charge is 2.13. The van der Waals surface area contributed by atoms with Crippen molar-refractivity contribution >= 4 is 10.2 Å². The molecule has 21 heavy (non-hydrogen) atoms. The Morgan fingerprint density at radius 1 is 1.05 bits per heavy atom. The molecule has 0 amide bonds. The molecule has 0 unspecified atom stereocenters. The second-order valence-corrected chi connectivity index (χ2v) is 8.55. The quantitative estimate of drug-likeness (QED) is 0.787. The van der Waals surface area contributed by atoms with Crippen molar-refractivity contribution in [1.29, 1.82) is 0 Å². The van der Waals surface area contributed by atoms with Gasteiger partial charge in [0.05, 0.1) is 0 Å². The lowest BCUT2D eigenvalue weighted by molar-refractivity contribution is 0.503. The number of nitrogens with one attached hydrogen (secondary N) is 1. The Bertz CT molecular complexity index is 528. The van der Waals surface area contributed by atoms with Crippen LogP contribution in [0, 0.1) is 0 Å². The number of nitrogens with zero attached hydrogens (tertiary/aromatic N) is 1. The molecule has 0 radical (unpaired) electrons. The minimum atomic E-state index is -3.28. The normalized spacial score (nSPS) is 12.9. The first-order chi connectivity index (χ1) is 9.63. The van der Waals surface area contributed by atoms with Crippen molar-refractivity contribution in [2.24, 2.45) is 0 Å².